The van der Waals surface area contributed by atoms with E-state index >= 15 is 0 Å². The van der Waals surface area contributed by atoms with Gasteiger partial charge in [0, 0.05) is 47.7 Å². The van der Waals surface area contributed by atoms with Gasteiger partial charge in [0.2, 0.25) is 0 Å². The van der Waals surface area contributed by atoms with E-state index in [1.165, 1.54) is 18.2 Å². The SMILES string of the molecule is O=[N+]([O-])c1ccc2c(c1)CCN2c1nc(-c2cccnc2)nc2ccc(-c3ccc(F)cc3)cc12. The maximum absolute atomic E-state index is 13.5. The standard InChI is InChI=1S/C27H18FN5O2/c28-21-6-3-17(4-7-21)18-5-9-24-23(15-18)27(31-26(30-24)20-2-1-12-29-16-20)32-13-11-19-14-22(33(34)35)8-10-25(19)32/h1-10,12,14-16H,11,13H2. The van der Waals surface area contributed by atoms with Crippen molar-refractivity contribution in [2.45, 2.75) is 6.42 Å². The summed E-state index contributed by atoms with van der Waals surface area (Å²) >= 11 is 0. The highest BCUT2D eigenvalue weighted by atomic mass is 19.1. The molecule has 2 aromatic heterocycles. The van der Waals surface area contributed by atoms with Crippen molar-refractivity contribution in [3.8, 4) is 22.5 Å². The second-order valence-corrected chi connectivity index (χ2v) is 8.32. The van der Waals surface area contributed by atoms with Gasteiger partial charge in [-0.3, -0.25) is 15.1 Å². The smallest absolute Gasteiger partial charge is 0.269 e. The zero-order valence-electron chi connectivity index (χ0n) is 18.4. The maximum Gasteiger partial charge on any atom is 0.269 e. The Bertz CT molecular complexity index is 1590. The molecule has 0 unspecified atom stereocenters. The number of anilines is 2. The summed E-state index contributed by atoms with van der Waals surface area (Å²) in [5, 5.41) is 12.1. The van der Waals surface area contributed by atoms with E-state index in [0.717, 1.165) is 38.8 Å². The van der Waals surface area contributed by atoms with Crippen molar-refractivity contribution >= 4 is 28.1 Å². The molecule has 0 radical (unpaired) electrons. The van der Waals surface area contributed by atoms with Crippen LogP contribution >= 0.6 is 0 Å². The molecule has 3 aromatic carbocycles. The van der Waals surface area contributed by atoms with Crippen molar-refractivity contribution in [2.24, 2.45) is 0 Å². The quantitative estimate of drug-likeness (QED) is 0.236. The molecule has 170 valence electrons. The van der Waals surface area contributed by atoms with Crippen molar-refractivity contribution in [1.82, 2.24) is 15.0 Å². The van der Waals surface area contributed by atoms with Crippen LogP contribution in [0.4, 0.5) is 21.6 Å². The summed E-state index contributed by atoms with van der Waals surface area (Å²) < 4.78 is 13.5. The number of fused-ring (bicyclic) bond motifs is 2. The first-order valence-electron chi connectivity index (χ1n) is 11.1. The Balaban J connectivity index is 1.55. The van der Waals surface area contributed by atoms with Crippen LogP contribution in [-0.2, 0) is 6.42 Å². The fraction of sp³-hybridized carbons (Fsp3) is 0.0741. The molecule has 0 saturated carbocycles. The van der Waals surface area contributed by atoms with Crippen LogP contribution in [0, 0.1) is 15.9 Å². The van der Waals surface area contributed by atoms with Gasteiger partial charge in [-0.05, 0) is 65.6 Å². The number of benzene rings is 3. The number of hydrogen-bond donors (Lipinski definition) is 0. The van der Waals surface area contributed by atoms with Crippen LogP contribution in [0.3, 0.4) is 0 Å². The van der Waals surface area contributed by atoms with Gasteiger partial charge >= 0.3 is 0 Å². The number of aromatic nitrogens is 3. The Morgan fingerprint density at radius 1 is 0.914 bits per heavy atom. The predicted octanol–water partition coefficient (Wildman–Crippen LogP) is 6.10. The first kappa shape index (κ1) is 20.9. The number of rotatable bonds is 4. The highest BCUT2D eigenvalue weighted by molar-refractivity contribution is 5.96. The lowest BCUT2D eigenvalue weighted by Gasteiger charge is -2.21. The predicted molar refractivity (Wildman–Crippen MR) is 132 cm³/mol. The molecule has 6 rings (SSSR count). The van der Waals surface area contributed by atoms with Crippen molar-refractivity contribution in [3.05, 3.63) is 107 Å². The van der Waals surface area contributed by atoms with Crippen LogP contribution in [0.2, 0.25) is 0 Å². The molecule has 1 aliphatic heterocycles. The van der Waals surface area contributed by atoms with Gasteiger partial charge in [0.05, 0.1) is 10.4 Å². The Morgan fingerprint density at radius 3 is 2.51 bits per heavy atom. The van der Waals surface area contributed by atoms with Gasteiger partial charge < -0.3 is 4.90 Å². The number of halogens is 1. The average molecular weight is 463 g/mol. The third-order valence-corrected chi connectivity index (χ3v) is 6.20. The Hall–Kier alpha value is -4.72. The molecular formula is C27H18FN5O2. The molecule has 0 N–H and O–H groups in total. The van der Waals surface area contributed by atoms with E-state index in [9.17, 15) is 14.5 Å². The van der Waals surface area contributed by atoms with E-state index in [2.05, 4.69) is 9.88 Å². The number of nitro benzene ring substituents is 1. The molecule has 7 nitrogen and oxygen atoms in total. The fourth-order valence-electron chi connectivity index (χ4n) is 4.49. The molecular weight excluding hydrogens is 445 g/mol. The second kappa shape index (κ2) is 8.25. The Labute approximate surface area is 199 Å². The van der Waals surface area contributed by atoms with Crippen molar-refractivity contribution < 1.29 is 9.31 Å². The molecule has 0 spiro atoms. The summed E-state index contributed by atoms with van der Waals surface area (Å²) in [7, 11) is 0. The summed E-state index contributed by atoms with van der Waals surface area (Å²) in [6, 6.07) is 20.9. The summed E-state index contributed by atoms with van der Waals surface area (Å²) in [5.41, 5.74) is 5.22. The number of nitro groups is 1. The molecule has 0 aliphatic carbocycles. The summed E-state index contributed by atoms with van der Waals surface area (Å²) in [5.74, 6) is 0.971. The monoisotopic (exact) mass is 463 g/mol. The van der Waals surface area contributed by atoms with Crippen LogP contribution in [-0.4, -0.2) is 26.4 Å². The molecule has 0 saturated heterocycles. The Morgan fingerprint density at radius 2 is 1.74 bits per heavy atom. The Kier molecular flexibility index (Phi) is 4.92. The maximum atomic E-state index is 13.5. The summed E-state index contributed by atoms with van der Waals surface area (Å²) in [4.78, 5) is 26.9. The fourth-order valence-corrected chi connectivity index (χ4v) is 4.49. The van der Waals surface area contributed by atoms with E-state index in [1.807, 2.05) is 30.3 Å². The van der Waals surface area contributed by atoms with Crippen molar-refractivity contribution in [1.29, 1.82) is 0 Å². The van der Waals surface area contributed by atoms with Gasteiger partial charge in [-0.1, -0.05) is 18.2 Å². The number of pyridine rings is 1. The molecule has 0 amide bonds. The molecule has 0 fully saturated rings. The van der Waals surface area contributed by atoms with E-state index in [-0.39, 0.29) is 16.4 Å². The van der Waals surface area contributed by atoms with Gasteiger partial charge in [0.15, 0.2) is 5.82 Å². The van der Waals surface area contributed by atoms with Gasteiger partial charge in [0.25, 0.3) is 5.69 Å². The van der Waals surface area contributed by atoms with Gasteiger partial charge in [0.1, 0.15) is 11.6 Å². The molecule has 1 aliphatic rings. The van der Waals surface area contributed by atoms with E-state index in [0.29, 0.717) is 24.6 Å². The molecule has 8 heteroatoms. The topological polar surface area (TPSA) is 85.0 Å². The summed E-state index contributed by atoms with van der Waals surface area (Å²) in [6.45, 7) is 0.635. The lowest BCUT2D eigenvalue weighted by Crippen LogP contribution is -2.16. The van der Waals surface area contributed by atoms with Crippen molar-refractivity contribution in [2.75, 3.05) is 11.4 Å². The summed E-state index contributed by atoms with van der Waals surface area (Å²) in [6.07, 6.45) is 4.09. The molecule has 0 bridgehead atoms. The van der Waals surface area contributed by atoms with Crippen LogP contribution in [0.5, 0.6) is 0 Å². The zero-order chi connectivity index (χ0) is 23.9. The number of hydrogen-bond acceptors (Lipinski definition) is 6. The van der Waals surface area contributed by atoms with Crippen LogP contribution < -0.4 is 4.90 Å². The molecule has 35 heavy (non-hydrogen) atoms. The van der Waals surface area contributed by atoms with Gasteiger partial charge in [-0.15, -0.1) is 0 Å². The normalized spacial score (nSPS) is 12.7. The first-order valence-corrected chi connectivity index (χ1v) is 11.1. The first-order chi connectivity index (χ1) is 17.1. The number of non-ortho nitro benzene ring substituents is 1. The third-order valence-electron chi connectivity index (χ3n) is 6.20. The minimum absolute atomic E-state index is 0.0767. The lowest BCUT2D eigenvalue weighted by molar-refractivity contribution is -0.384. The van der Waals surface area contributed by atoms with E-state index < -0.39 is 0 Å². The molecule has 5 aromatic rings. The van der Waals surface area contributed by atoms with Gasteiger partial charge in [-0.2, -0.15) is 0 Å². The number of nitrogens with zero attached hydrogens (tertiary/aromatic N) is 5. The highest BCUT2D eigenvalue weighted by Gasteiger charge is 2.26. The van der Waals surface area contributed by atoms with Crippen LogP contribution in [0.1, 0.15) is 5.56 Å². The molecule has 3 heterocycles. The third kappa shape index (κ3) is 3.74. The molecule has 0 atom stereocenters. The van der Waals surface area contributed by atoms with Crippen LogP contribution in [0.25, 0.3) is 33.4 Å². The minimum atomic E-state index is -0.376. The van der Waals surface area contributed by atoms with Crippen molar-refractivity contribution in [3.63, 3.8) is 0 Å². The second-order valence-electron chi connectivity index (χ2n) is 8.32. The van der Waals surface area contributed by atoms with E-state index in [4.69, 9.17) is 9.97 Å². The van der Waals surface area contributed by atoms with E-state index in [1.54, 1.807) is 36.7 Å². The largest absolute Gasteiger partial charge is 0.325 e. The minimum Gasteiger partial charge on any atom is -0.325 e. The lowest BCUT2D eigenvalue weighted by atomic mass is 10.0. The average Bonchev–Trinajstić information content (AvgIpc) is 3.32. The zero-order valence-corrected chi connectivity index (χ0v) is 18.4. The highest BCUT2D eigenvalue weighted by Crippen LogP contribution is 2.40. The van der Waals surface area contributed by atoms with Crippen LogP contribution in [0.15, 0.2) is 85.2 Å². The van der Waals surface area contributed by atoms with Gasteiger partial charge in [-0.25, -0.2) is 14.4 Å².